The lowest BCUT2D eigenvalue weighted by molar-refractivity contribution is 0.672. The van der Waals surface area contributed by atoms with E-state index in [1.807, 2.05) is 18.3 Å². The van der Waals surface area contributed by atoms with Crippen molar-refractivity contribution in [3.63, 3.8) is 0 Å². The molecule has 0 spiro atoms. The molecule has 0 fully saturated rings. The van der Waals surface area contributed by atoms with Crippen molar-refractivity contribution in [1.82, 2.24) is 4.98 Å². The van der Waals surface area contributed by atoms with Gasteiger partial charge in [0.1, 0.15) is 11.1 Å². The topological polar surface area (TPSA) is 29.3 Å². The van der Waals surface area contributed by atoms with Gasteiger partial charge < -0.3 is 9.32 Å². The standard InChI is InChI=1S/C43H28N2O/c1-2-9-29(10-3-1)30-18-22-33(23-19-30)45(34-24-20-32(21-25-34)36-14-6-12-31-11-4-5-13-35(31)36)40-16-7-15-38-37(40)26-27-39-42-41(46-43(38)39)17-8-28-44-42/h1-28H. The van der Waals surface area contributed by atoms with Gasteiger partial charge in [-0.1, -0.05) is 115 Å². The molecule has 2 aromatic heterocycles. The summed E-state index contributed by atoms with van der Waals surface area (Å²) in [6.45, 7) is 0. The highest BCUT2D eigenvalue weighted by atomic mass is 16.3. The minimum atomic E-state index is 0.799. The van der Waals surface area contributed by atoms with Crippen molar-refractivity contribution in [2.75, 3.05) is 4.90 Å². The summed E-state index contributed by atoms with van der Waals surface area (Å²) in [5.41, 5.74) is 10.6. The van der Waals surface area contributed by atoms with Crippen LogP contribution in [0.5, 0.6) is 0 Å². The highest BCUT2D eigenvalue weighted by molar-refractivity contribution is 6.16. The van der Waals surface area contributed by atoms with Gasteiger partial charge in [0.2, 0.25) is 0 Å². The molecule has 2 heterocycles. The van der Waals surface area contributed by atoms with Gasteiger partial charge in [-0.15, -0.1) is 0 Å². The maximum atomic E-state index is 6.40. The molecule has 46 heavy (non-hydrogen) atoms. The molecule has 0 bridgehead atoms. The van der Waals surface area contributed by atoms with E-state index in [2.05, 4.69) is 162 Å². The summed E-state index contributed by atoms with van der Waals surface area (Å²) in [6.07, 6.45) is 1.82. The van der Waals surface area contributed by atoms with Crippen LogP contribution in [0.25, 0.3) is 65.9 Å². The van der Waals surface area contributed by atoms with Gasteiger partial charge in [-0.3, -0.25) is 4.98 Å². The third-order valence-electron chi connectivity index (χ3n) is 8.93. The van der Waals surface area contributed by atoms with E-state index in [-0.39, 0.29) is 0 Å². The average Bonchev–Trinajstić information content (AvgIpc) is 3.52. The van der Waals surface area contributed by atoms with Crippen LogP contribution in [-0.2, 0) is 0 Å². The molecule has 0 N–H and O–H groups in total. The molecule has 0 aliphatic heterocycles. The molecule has 0 aliphatic rings. The maximum Gasteiger partial charge on any atom is 0.153 e. The third-order valence-corrected chi connectivity index (χ3v) is 8.93. The fraction of sp³-hybridized carbons (Fsp3) is 0. The Labute approximate surface area is 266 Å². The van der Waals surface area contributed by atoms with E-state index in [0.717, 1.165) is 49.9 Å². The first-order valence-electron chi connectivity index (χ1n) is 15.5. The van der Waals surface area contributed by atoms with E-state index in [9.17, 15) is 0 Å². The van der Waals surface area contributed by atoms with Crippen molar-refractivity contribution in [2.24, 2.45) is 0 Å². The first-order valence-corrected chi connectivity index (χ1v) is 15.5. The summed E-state index contributed by atoms with van der Waals surface area (Å²) in [7, 11) is 0. The lowest BCUT2D eigenvalue weighted by Crippen LogP contribution is -2.10. The summed E-state index contributed by atoms with van der Waals surface area (Å²) in [5, 5.41) is 5.70. The number of fused-ring (bicyclic) bond motifs is 6. The Morgan fingerprint density at radius 3 is 1.91 bits per heavy atom. The largest absolute Gasteiger partial charge is 0.454 e. The van der Waals surface area contributed by atoms with Gasteiger partial charge in [0.25, 0.3) is 0 Å². The maximum absolute atomic E-state index is 6.40. The minimum Gasteiger partial charge on any atom is -0.454 e. The van der Waals surface area contributed by atoms with E-state index in [1.165, 1.54) is 33.0 Å². The van der Waals surface area contributed by atoms with E-state index in [1.54, 1.807) is 0 Å². The van der Waals surface area contributed by atoms with Crippen LogP contribution in [0.3, 0.4) is 0 Å². The van der Waals surface area contributed by atoms with Crippen LogP contribution in [0.4, 0.5) is 17.1 Å². The number of furan rings is 1. The monoisotopic (exact) mass is 588 g/mol. The van der Waals surface area contributed by atoms with Crippen LogP contribution in [0.15, 0.2) is 174 Å². The summed E-state index contributed by atoms with van der Waals surface area (Å²) < 4.78 is 6.40. The molecule has 3 heteroatoms. The number of hydrogen-bond acceptors (Lipinski definition) is 3. The van der Waals surface area contributed by atoms with Crippen molar-refractivity contribution in [3.05, 3.63) is 170 Å². The molecule has 0 unspecified atom stereocenters. The second-order valence-corrected chi connectivity index (χ2v) is 11.6. The van der Waals surface area contributed by atoms with Gasteiger partial charge in [0.15, 0.2) is 5.58 Å². The average molecular weight is 589 g/mol. The van der Waals surface area contributed by atoms with E-state index in [4.69, 9.17) is 4.42 Å². The van der Waals surface area contributed by atoms with Gasteiger partial charge in [-0.05, 0) is 81.6 Å². The first-order chi connectivity index (χ1) is 22.8. The van der Waals surface area contributed by atoms with Gasteiger partial charge in [0, 0.05) is 33.7 Å². The zero-order valence-electron chi connectivity index (χ0n) is 25.0. The van der Waals surface area contributed by atoms with Crippen LogP contribution in [-0.4, -0.2) is 4.98 Å². The summed E-state index contributed by atoms with van der Waals surface area (Å²) in [6, 6.07) is 58.0. The van der Waals surface area contributed by atoms with E-state index < -0.39 is 0 Å². The number of nitrogens with zero attached hydrogens (tertiary/aromatic N) is 2. The molecule has 0 aliphatic carbocycles. The summed E-state index contributed by atoms with van der Waals surface area (Å²) in [4.78, 5) is 6.95. The van der Waals surface area contributed by atoms with Crippen LogP contribution in [0, 0.1) is 0 Å². The van der Waals surface area contributed by atoms with Gasteiger partial charge in [0.05, 0.1) is 5.69 Å². The lowest BCUT2D eigenvalue weighted by atomic mass is 9.98. The van der Waals surface area contributed by atoms with Gasteiger partial charge in [-0.25, -0.2) is 0 Å². The highest BCUT2D eigenvalue weighted by Crippen LogP contribution is 2.43. The molecule has 0 saturated carbocycles. The molecular weight excluding hydrogens is 560 g/mol. The number of pyridine rings is 1. The van der Waals surface area contributed by atoms with Crippen molar-refractivity contribution in [2.45, 2.75) is 0 Å². The number of hydrogen-bond donors (Lipinski definition) is 0. The Bertz CT molecular complexity index is 2510. The molecule has 9 aromatic rings. The molecule has 216 valence electrons. The normalized spacial score (nSPS) is 11.5. The van der Waals surface area contributed by atoms with Crippen LogP contribution < -0.4 is 4.90 Å². The molecule has 7 aromatic carbocycles. The molecular formula is C43H28N2O. The van der Waals surface area contributed by atoms with Gasteiger partial charge >= 0.3 is 0 Å². The minimum absolute atomic E-state index is 0.799. The van der Waals surface area contributed by atoms with Crippen molar-refractivity contribution >= 4 is 60.7 Å². The molecule has 0 atom stereocenters. The number of benzene rings is 7. The predicted octanol–water partition coefficient (Wildman–Crippen LogP) is 12.1. The summed E-state index contributed by atoms with van der Waals surface area (Å²) >= 11 is 0. The van der Waals surface area contributed by atoms with Crippen LogP contribution in [0.1, 0.15) is 0 Å². The second kappa shape index (κ2) is 10.8. The Kier molecular flexibility index (Phi) is 6.14. The van der Waals surface area contributed by atoms with Crippen LogP contribution in [0.2, 0.25) is 0 Å². The van der Waals surface area contributed by atoms with Crippen molar-refractivity contribution in [1.29, 1.82) is 0 Å². The molecule has 9 rings (SSSR count). The van der Waals surface area contributed by atoms with Gasteiger partial charge in [-0.2, -0.15) is 0 Å². The lowest BCUT2D eigenvalue weighted by Gasteiger charge is -2.27. The molecule has 0 amide bonds. The van der Waals surface area contributed by atoms with Crippen molar-refractivity contribution in [3.8, 4) is 22.3 Å². The quantitative estimate of drug-likeness (QED) is 0.200. The predicted molar refractivity (Wildman–Crippen MR) is 192 cm³/mol. The molecule has 3 nitrogen and oxygen atoms in total. The number of aromatic nitrogens is 1. The molecule has 0 saturated heterocycles. The fourth-order valence-electron chi connectivity index (χ4n) is 6.72. The van der Waals surface area contributed by atoms with E-state index in [0.29, 0.717) is 0 Å². The Balaban J connectivity index is 1.22. The zero-order valence-corrected chi connectivity index (χ0v) is 25.0. The first kappa shape index (κ1) is 26.2. The van der Waals surface area contributed by atoms with E-state index >= 15 is 0 Å². The highest BCUT2D eigenvalue weighted by Gasteiger charge is 2.19. The smallest absolute Gasteiger partial charge is 0.153 e. The fourth-order valence-corrected chi connectivity index (χ4v) is 6.72. The Morgan fingerprint density at radius 1 is 0.435 bits per heavy atom. The Morgan fingerprint density at radius 2 is 1.09 bits per heavy atom. The third kappa shape index (κ3) is 4.33. The number of rotatable bonds is 5. The number of anilines is 3. The zero-order chi connectivity index (χ0) is 30.5. The van der Waals surface area contributed by atoms with Crippen molar-refractivity contribution < 1.29 is 4.42 Å². The molecule has 0 radical (unpaired) electrons. The van der Waals surface area contributed by atoms with Crippen LogP contribution >= 0.6 is 0 Å². The summed E-state index contributed by atoms with van der Waals surface area (Å²) in [5.74, 6) is 0. The second-order valence-electron chi connectivity index (χ2n) is 11.6. The Hall–Kier alpha value is -6.19. The SMILES string of the molecule is c1ccc(-c2ccc(N(c3ccc(-c4cccc5ccccc45)cc3)c3cccc4c3ccc3c5ncccc5oc43)cc2)cc1.